The van der Waals surface area contributed by atoms with Crippen molar-refractivity contribution in [3.05, 3.63) is 41.3 Å². The van der Waals surface area contributed by atoms with Crippen molar-refractivity contribution in [3.8, 4) is 5.75 Å². The molecule has 1 heterocycles. The normalized spacial score (nSPS) is 11.5. The van der Waals surface area contributed by atoms with Gasteiger partial charge in [0.25, 0.3) is 0 Å². The zero-order chi connectivity index (χ0) is 17.0. The van der Waals surface area contributed by atoms with E-state index in [0.29, 0.717) is 23.7 Å². The van der Waals surface area contributed by atoms with Crippen LogP contribution in [-0.4, -0.2) is 26.4 Å². The van der Waals surface area contributed by atoms with E-state index in [1.54, 1.807) is 38.1 Å². The summed E-state index contributed by atoms with van der Waals surface area (Å²) in [6.07, 6.45) is 2.11. The van der Waals surface area contributed by atoms with Gasteiger partial charge >= 0.3 is 0 Å². The Bertz CT molecular complexity index is 731. The van der Waals surface area contributed by atoms with Crippen molar-refractivity contribution in [1.29, 1.82) is 0 Å². The number of aryl methyl sites for hydroxylation is 2. The lowest BCUT2D eigenvalue weighted by Crippen LogP contribution is -2.29. The number of ether oxygens (including phenoxy) is 1. The molecule has 7 heteroatoms. The Hall–Kier alpha value is -2.02. The van der Waals surface area contributed by atoms with E-state index in [1.807, 2.05) is 6.92 Å². The molecule has 0 saturated heterocycles. The molecule has 0 radical (unpaired) electrons. The Labute approximate surface area is 137 Å². The molecule has 0 aliphatic rings. The monoisotopic (exact) mass is 338 g/mol. The Morgan fingerprint density at radius 1 is 1.22 bits per heavy atom. The predicted octanol–water partition coefficient (Wildman–Crippen LogP) is 3.05. The molecule has 0 fully saturated rings. The van der Waals surface area contributed by atoms with Gasteiger partial charge in [-0.1, -0.05) is 12.1 Å². The van der Waals surface area contributed by atoms with E-state index in [-0.39, 0.29) is 6.54 Å². The summed E-state index contributed by atoms with van der Waals surface area (Å²) < 4.78 is 36.3. The fraction of sp³-hybridized carbons (Fsp3) is 0.438. The zero-order valence-corrected chi connectivity index (χ0v) is 14.7. The Morgan fingerprint density at radius 2 is 1.87 bits per heavy atom. The van der Waals surface area contributed by atoms with Gasteiger partial charge < -0.3 is 9.26 Å². The summed E-state index contributed by atoms with van der Waals surface area (Å²) in [5.74, 6) is 1.35. The number of hydrogen-bond acceptors (Lipinski definition) is 5. The van der Waals surface area contributed by atoms with Gasteiger partial charge in [-0.05, 0) is 44.5 Å². The third-order valence-corrected chi connectivity index (χ3v) is 4.62. The molecule has 2 aromatic rings. The molecule has 0 amide bonds. The third kappa shape index (κ3) is 4.25. The van der Waals surface area contributed by atoms with E-state index < -0.39 is 10.0 Å². The van der Waals surface area contributed by atoms with Crippen LogP contribution in [0.3, 0.4) is 0 Å². The highest BCUT2D eigenvalue weighted by Gasteiger charge is 2.21. The van der Waals surface area contributed by atoms with E-state index in [1.165, 1.54) is 10.6 Å². The second-order valence-electron chi connectivity index (χ2n) is 5.41. The second-order valence-corrected chi connectivity index (χ2v) is 7.32. The van der Waals surface area contributed by atoms with E-state index in [4.69, 9.17) is 9.26 Å². The highest BCUT2D eigenvalue weighted by atomic mass is 32.2. The minimum Gasteiger partial charge on any atom is -0.494 e. The van der Waals surface area contributed by atoms with E-state index in [9.17, 15) is 8.42 Å². The van der Waals surface area contributed by atoms with Crippen LogP contribution in [0.1, 0.15) is 30.4 Å². The minimum absolute atomic E-state index is 0.190. The number of benzene rings is 1. The molecule has 0 unspecified atom stereocenters. The average Bonchev–Trinajstić information content (AvgIpc) is 2.81. The van der Waals surface area contributed by atoms with Gasteiger partial charge in [0.05, 0.1) is 30.8 Å². The number of rotatable bonds is 7. The molecule has 126 valence electrons. The van der Waals surface area contributed by atoms with Crippen molar-refractivity contribution in [2.75, 3.05) is 17.2 Å². The first-order chi connectivity index (χ1) is 10.8. The number of sulfonamides is 1. The van der Waals surface area contributed by atoms with Gasteiger partial charge in [0, 0.05) is 5.56 Å². The van der Waals surface area contributed by atoms with E-state index in [2.05, 4.69) is 5.16 Å². The van der Waals surface area contributed by atoms with Crippen LogP contribution in [0.4, 0.5) is 5.69 Å². The highest BCUT2D eigenvalue weighted by molar-refractivity contribution is 7.92. The SMILES string of the molecule is CCCOc1ccc(N(Cc2c(C)noc2C)S(C)(=O)=O)cc1. The molecule has 0 atom stereocenters. The summed E-state index contributed by atoms with van der Waals surface area (Å²) in [6.45, 7) is 6.43. The Balaban J connectivity index is 2.29. The maximum atomic E-state index is 12.2. The smallest absolute Gasteiger partial charge is 0.232 e. The molecule has 1 aromatic heterocycles. The van der Waals surface area contributed by atoms with Crippen molar-refractivity contribution < 1.29 is 17.7 Å². The van der Waals surface area contributed by atoms with Crippen LogP contribution < -0.4 is 9.04 Å². The summed E-state index contributed by atoms with van der Waals surface area (Å²) in [5, 5.41) is 3.88. The molecule has 6 nitrogen and oxygen atoms in total. The summed E-state index contributed by atoms with van der Waals surface area (Å²) in [4.78, 5) is 0. The third-order valence-electron chi connectivity index (χ3n) is 3.48. The number of nitrogens with zero attached hydrogens (tertiary/aromatic N) is 2. The van der Waals surface area contributed by atoms with E-state index >= 15 is 0 Å². The Morgan fingerprint density at radius 3 is 2.35 bits per heavy atom. The van der Waals surface area contributed by atoms with Gasteiger partial charge in [-0.2, -0.15) is 0 Å². The fourth-order valence-corrected chi connectivity index (χ4v) is 3.07. The molecule has 0 aliphatic heterocycles. The van der Waals surface area contributed by atoms with Gasteiger partial charge in [-0.15, -0.1) is 0 Å². The quantitative estimate of drug-likeness (QED) is 0.776. The van der Waals surface area contributed by atoms with Gasteiger partial charge in [-0.25, -0.2) is 8.42 Å². The first-order valence-corrected chi connectivity index (χ1v) is 9.30. The van der Waals surface area contributed by atoms with Crippen molar-refractivity contribution in [1.82, 2.24) is 5.16 Å². The molecule has 1 aromatic carbocycles. The molecule has 2 rings (SSSR count). The van der Waals surface area contributed by atoms with Gasteiger partial charge in [0.2, 0.25) is 10.0 Å². The zero-order valence-electron chi connectivity index (χ0n) is 13.9. The lowest BCUT2D eigenvalue weighted by molar-refractivity contribution is 0.317. The molecule has 0 aliphatic carbocycles. The summed E-state index contributed by atoms with van der Waals surface area (Å²) in [5.41, 5.74) is 2.05. The average molecular weight is 338 g/mol. The largest absolute Gasteiger partial charge is 0.494 e. The van der Waals surface area contributed by atoms with Crippen molar-refractivity contribution in [2.45, 2.75) is 33.7 Å². The topological polar surface area (TPSA) is 72.6 Å². The van der Waals surface area contributed by atoms with Crippen molar-refractivity contribution >= 4 is 15.7 Å². The maximum Gasteiger partial charge on any atom is 0.232 e. The van der Waals surface area contributed by atoms with Crippen LogP contribution in [0.25, 0.3) is 0 Å². The first kappa shape index (κ1) is 17.3. The van der Waals surface area contributed by atoms with E-state index in [0.717, 1.165) is 17.7 Å². The second kappa shape index (κ2) is 7.04. The fourth-order valence-electron chi connectivity index (χ4n) is 2.20. The van der Waals surface area contributed by atoms with Crippen LogP contribution in [0.15, 0.2) is 28.8 Å². The lowest BCUT2D eigenvalue weighted by Gasteiger charge is -2.22. The number of anilines is 1. The van der Waals surface area contributed by atoms with Crippen LogP contribution >= 0.6 is 0 Å². The molecule has 23 heavy (non-hydrogen) atoms. The van der Waals surface area contributed by atoms with Gasteiger partial charge in [0.1, 0.15) is 11.5 Å². The standard InChI is InChI=1S/C16H22N2O4S/c1-5-10-21-15-8-6-14(7-9-15)18(23(4,19)20)11-16-12(2)17-22-13(16)3/h6-9H,5,10-11H2,1-4H3. The Kier molecular flexibility index (Phi) is 5.30. The molecule has 0 bridgehead atoms. The first-order valence-electron chi connectivity index (χ1n) is 7.45. The maximum absolute atomic E-state index is 12.2. The van der Waals surface area contributed by atoms with Crippen LogP contribution in [0, 0.1) is 13.8 Å². The molecule has 0 spiro atoms. The molecule has 0 N–H and O–H groups in total. The summed E-state index contributed by atoms with van der Waals surface area (Å²) >= 11 is 0. The number of hydrogen-bond donors (Lipinski definition) is 0. The highest BCUT2D eigenvalue weighted by Crippen LogP contribution is 2.25. The molecular formula is C16H22N2O4S. The van der Waals surface area contributed by atoms with Crippen LogP contribution in [0.2, 0.25) is 0 Å². The number of aromatic nitrogens is 1. The van der Waals surface area contributed by atoms with Gasteiger partial charge in [0.15, 0.2) is 0 Å². The van der Waals surface area contributed by atoms with Crippen LogP contribution in [-0.2, 0) is 16.6 Å². The van der Waals surface area contributed by atoms with Crippen LogP contribution in [0.5, 0.6) is 5.75 Å². The van der Waals surface area contributed by atoms with Crippen molar-refractivity contribution in [2.24, 2.45) is 0 Å². The minimum atomic E-state index is -3.43. The van der Waals surface area contributed by atoms with Gasteiger partial charge in [-0.3, -0.25) is 4.31 Å². The predicted molar refractivity (Wildman–Crippen MR) is 89.2 cm³/mol. The molecule has 0 saturated carbocycles. The summed E-state index contributed by atoms with van der Waals surface area (Å²) in [6, 6.07) is 7.03. The lowest BCUT2D eigenvalue weighted by atomic mass is 10.2. The van der Waals surface area contributed by atoms with Crippen molar-refractivity contribution in [3.63, 3.8) is 0 Å². The molecular weight excluding hydrogens is 316 g/mol. The summed E-state index contributed by atoms with van der Waals surface area (Å²) in [7, 11) is -3.43.